The van der Waals surface area contributed by atoms with E-state index in [0.29, 0.717) is 0 Å². The number of rotatable bonds is 4. The predicted octanol–water partition coefficient (Wildman–Crippen LogP) is 3.29. The van der Waals surface area contributed by atoms with Gasteiger partial charge in [-0.15, -0.1) is 0 Å². The Kier molecular flexibility index (Phi) is 3.31. The molecule has 1 fully saturated rings. The van der Waals surface area contributed by atoms with Crippen LogP contribution in [0.15, 0.2) is 18.2 Å². The average Bonchev–Trinajstić information content (AvgIpc) is 3.16. The minimum absolute atomic E-state index is 0.0630. The molecule has 0 unspecified atom stereocenters. The number of nitriles is 1. The highest BCUT2D eigenvalue weighted by Crippen LogP contribution is 2.57. The summed E-state index contributed by atoms with van der Waals surface area (Å²) in [7, 11) is 1.37. The molecule has 102 valence electrons. The molecule has 0 aromatic heterocycles. The third kappa shape index (κ3) is 2.46. The van der Waals surface area contributed by atoms with E-state index in [2.05, 4.69) is 0 Å². The summed E-state index contributed by atoms with van der Waals surface area (Å²) < 4.78 is 48.6. The van der Waals surface area contributed by atoms with E-state index < -0.39 is 18.2 Å². The van der Waals surface area contributed by atoms with Crippen molar-refractivity contribution in [2.75, 3.05) is 13.7 Å². The number of nitrogens with zero attached hydrogens (tertiary/aromatic N) is 1. The van der Waals surface area contributed by atoms with Gasteiger partial charge in [-0.1, -0.05) is 6.07 Å². The van der Waals surface area contributed by atoms with Gasteiger partial charge in [0.2, 0.25) is 0 Å². The largest absolute Gasteiger partial charge is 0.493 e. The molecule has 3 nitrogen and oxygen atoms in total. The SMILES string of the molecule is COc1cccc(C#N)c1OCC1(C(F)(F)F)CC1. The molecule has 0 bridgehead atoms. The molecule has 0 saturated heterocycles. The van der Waals surface area contributed by atoms with E-state index >= 15 is 0 Å². The molecule has 0 atom stereocenters. The maximum Gasteiger partial charge on any atom is 0.397 e. The quantitative estimate of drug-likeness (QED) is 0.843. The minimum Gasteiger partial charge on any atom is -0.493 e. The summed E-state index contributed by atoms with van der Waals surface area (Å²) in [6, 6.07) is 6.49. The number of halogens is 3. The predicted molar refractivity (Wildman–Crippen MR) is 60.9 cm³/mol. The summed E-state index contributed by atoms with van der Waals surface area (Å²) >= 11 is 0. The molecule has 0 radical (unpaired) electrons. The van der Waals surface area contributed by atoms with Crippen LogP contribution in [0.3, 0.4) is 0 Å². The number of benzene rings is 1. The molecule has 1 saturated carbocycles. The Bertz CT molecular complexity index is 516. The summed E-state index contributed by atoms with van der Waals surface area (Å²) in [4.78, 5) is 0. The minimum atomic E-state index is -4.28. The van der Waals surface area contributed by atoms with Crippen molar-refractivity contribution in [2.45, 2.75) is 19.0 Å². The number of ether oxygens (including phenoxy) is 2. The third-order valence-electron chi connectivity index (χ3n) is 3.27. The molecule has 0 N–H and O–H groups in total. The molecule has 2 rings (SSSR count). The van der Waals surface area contributed by atoms with Gasteiger partial charge in [0.05, 0.1) is 12.7 Å². The van der Waals surface area contributed by atoms with Crippen molar-refractivity contribution in [3.8, 4) is 17.6 Å². The van der Waals surface area contributed by atoms with Crippen molar-refractivity contribution in [2.24, 2.45) is 5.41 Å². The lowest BCUT2D eigenvalue weighted by Crippen LogP contribution is -2.30. The zero-order chi connectivity index (χ0) is 14.1. The van der Waals surface area contributed by atoms with Crippen LogP contribution >= 0.6 is 0 Å². The molecular weight excluding hydrogens is 259 g/mol. The molecule has 1 aliphatic carbocycles. The second-order valence-electron chi connectivity index (χ2n) is 4.52. The fourth-order valence-corrected chi connectivity index (χ4v) is 1.78. The van der Waals surface area contributed by atoms with E-state index in [-0.39, 0.29) is 29.9 Å². The lowest BCUT2D eigenvalue weighted by Gasteiger charge is -2.20. The second kappa shape index (κ2) is 4.65. The van der Waals surface area contributed by atoms with Crippen LogP contribution in [0, 0.1) is 16.7 Å². The molecule has 0 amide bonds. The summed E-state index contributed by atoms with van der Waals surface area (Å²) in [5, 5.41) is 8.94. The highest BCUT2D eigenvalue weighted by molar-refractivity contribution is 5.52. The highest BCUT2D eigenvalue weighted by atomic mass is 19.4. The molecule has 1 aliphatic rings. The fraction of sp³-hybridized carbons (Fsp3) is 0.462. The third-order valence-corrected chi connectivity index (χ3v) is 3.27. The van der Waals surface area contributed by atoms with Crippen LogP contribution in [0.5, 0.6) is 11.5 Å². The van der Waals surface area contributed by atoms with Gasteiger partial charge in [0.1, 0.15) is 18.1 Å². The molecule has 19 heavy (non-hydrogen) atoms. The molecule has 6 heteroatoms. The van der Waals surface area contributed by atoms with E-state index in [0.717, 1.165) is 0 Å². The lowest BCUT2D eigenvalue weighted by atomic mass is 10.1. The average molecular weight is 271 g/mol. The first-order valence-electron chi connectivity index (χ1n) is 5.70. The number of para-hydroxylation sites is 1. The topological polar surface area (TPSA) is 42.2 Å². The van der Waals surface area contributed by atoms with E-state index in [1.54, 1.807) is 12.1 Å². The Hall–Kier alpha value is -1.90. The van der Waals surface area contributed by atoms with Gasteiger partial charge in [-0.2, -0.15) is 18.4 Å². The monoisotopic (exact) mass is 271 g/mol. The van der Waals surface area contributed by atoms with Gasteiger partial charge in [-0.05, 0) is 25.0 Å². The molecular formula is C13H12F3NO2. The normalized spacial score (nSPS) is 16.6. The van der Waals surface area contributed by atoms with Crippen molar-refractivity contribution in [3.63, 3.8) is 0 Å². The second-order valence-corrected chi connectivity index (χ2v) is 4.52. The Morgan fingerprint density at radius 1 is 1.37 bits per heavy atom. The lowest BCUT2D eigenvalue weighted by molar-refractivity contribution is -0.194. The van der Waals surface area contributed by atoms with E-state index in [4.69, 9.17) is 14.7 Å². The highest BCUT2D eigenvalue weighted by Gasteiger charge is 2.64. The van der Waals surface area contributed by atoms with Crippen LogP contribution in [-0.2, 0) is 0 Å². The van der Waals surface area contributed by atoms with Gasteiger partial charge in [0, 0.05) is 0 Å². The van der Waals surface area contributed by atoms with E-state index in [1.165, 1.54) is 13.2 Å². The van der Waals surface area contributed by atoms with Crippen LogP contribution in [0.4, 0.5) is 13.2 Å². The molecule has 1 aromatic carbocycles. The zero-order valence-electron chi connectivity index (χ0n) is 10.3. The summed E-state index contributed by atoms with van der Waals surface area (Å²) in [5.41, 5.74) is -1.60. The molecule has 0 spiro atoms. The van der Waals surface area contributed by atoms with Crippen molar-refractivity contribution in [3.05, 3.63) is 23.8 Å². The fourth-order valence-electron chi connectivity index (χ4n) is 1.78. The van der Waals surface area contributed by atoms with Crippen LogP contribution in [0.25, 0.3) is 0 Å². The molecule has 0 heterocycles. The number of methoxy groups -OCH3 is 1. The van der Waals surface area contributed by atoms with Crippen LogP contribution in [0.2, 0.25) is 0 Å². The molecule has 1 aromatic rings. The number of hydrogen-bond acceptors (Lipinski definition) is 3. The van der Waals surface area contributed by atoms with Crippen molar-refractivity contribution < 1.29 is 22.6 Å². The van der Waals surface area contributed by atoms with Gasteiger partial charge in [0.25, 0.3) is 0 Å². The van der Waals surface area contributed by atoms with Crippen molar-refractivity contribution in [1.29, 1.82) is 5.26 Å². The van der Waals surface area contributed by atoms with Gasteiger partial charge >= 0.3 is 6.18 Å². The van der Waals surface area contributed by atoms with Gasteiger partial charge in [0.15, 0.2) is 11.5 Å². The zero-order valence-corrected chi connectivity index (χ0v) is 10.3. The van der Waals surface area contributed by atoms with E-state index in [9.17, 15) is 13.2 Å². The van der Waals surface area contributed by atoms with Crippen LogP contribution < -0.4 is 9.47 Å². The van der Waals surface area contributed by atoms with Crippen molar-refractivity contribution >= 4 is 0 Å². The van der Waals surface area contributed by atoms with Gasteiger partial charge in [-0.25, -0.2) is 0 Å². The van der Waals surface area contributed by atoms with Gasteiger partial charge < -0.3 is 9.47 Å². The van der Waals surface area contributed by atoms with Crippen molar-refractivity contribution in [1.82, 2.24) is 0 Å². The summed E-state index contributed by atoms with van der Waals surface area (Å²) in [6.45, 7) is -0.481. The maximum atomic E-state index is 12.8. The summed E-state index contributed by atoms with van der Waals surface area (Å²) in [6.07, 6.45) is -4.15. The number of hydrogen-bond donors (Lipinski definition) is 0. The Morgan fingerprint density at radius 2 is 2.05 bits per heavy atom. The first-order valence-corrected chi connectivity index (χ1v) is 5.70. The Balaban J connectivity index is 2.19. The maximum absolute atomic E-state index is 12.8. The smallest absolute Gasteiger partial charge is 0.397 e. The standard InChI is InChI=1S/C13H12F3NO2/c1-18-10-4-2-3-9(7-17)11(10)19-8-12(5-6-12)13(14,15)16/h2-4H,5-6,8H2,1H3. The Morgan fingerprint density at radius 3 is 2.53 bits per heavy atom. The van der Waals surface area contributed by atoms with Crippen LogP contribution in [0.1, 0.15) is 18.4 Å². The van der Waals surface area contributed by atoms with Crippen LogP contribution in [-0.4, -0.2) is 19.9 Å². The Labute approximate surface area is 108 Å². The van der Waals surface area contributed by atoms with Gasteiger partial charge in [-0.3, -0.25) is 0 Å². The first-order chi connectivity index (χ1) is 8.93. The first kappa shape index (κ1) is 13.5. The summed E-state index contributed by atoms with van der Waals surface area (Å²) in [5.74, 6) is 0.333. The number of alkyl halides is 3. The molecule has 0 aliphatic heterocycles. The van der Waals surface area contributed by atoms with E-state index in [1.807, 2.05) is 6.07 Å².